The minimum absolute atomic E-state index is 0.0926. The van der Waals surface area contributed by atoms with E-state index in [1.807, 2.05) is 0 Å². The average Bonchev–Trinajstić information content (AvgIpc) is 2.88. The number of likely N-dealkylation sites (tertiary alicyclic amines) is 1. The third-order valence-electron chi connectivity index (χ3n) is 2.91. The Hall–Kier alpha value is -2.21. The van der Waals surface area contributed by atoms with Gasteiger partial charge in [-0.1, -0.05) is 0 Å². The van der Waals surface area contributed by atoms with Crippen LogP contribution in [0.3, 0.4) is 0 Å². The highest BCUT2D eigenvalue weighted by atomic mass is 16.3. The number of β-amino-alcohol motifs (C(OH)–C–C–N with tert-alkyl or cyclic N) is 1. The van der Waals surface area contributed by atoms with Gasteiger partial charge in [0.25, 0.3) is 5.91 Å². The van der Waals surface area contributed by atoms with E-state index < -0.39 is 0 Å². The average molecular weight is 244 g/mol. The molecule has 2 aromatic rings. The summed E-state index contributed by atoms with van der Waals surface area (Å²) in [5.74, 6) is 0.623. The predicted molar refractivity (Wildman–Crippen MR) is 63.3 cm³/mol. The van der Waals surface area contributed by atoms with E-state index in [4.69, 9.17) is 5.11 Å². The van der Waals surface area contributed by atoms with Crippen molar-refractivity contribution >= 4 is 5.91 Å². The molecule has 1 fully saturated rings. The van der Waals surface area contributed by atoms with Crippen molar-refractivity contribution in [1.29, 1.82) is 0 Å². The molecule has 1 aliphatic rings. The Morgan fingerprint density at radius 2 is 2.22 bits per heavy atom. The van der Waals surface area contributed by atoms with Crippen molar-refractivity contribution in [3.8, 4) is 5.82 Å². The minimum Gasteiger partial charge on any atom is -0.389 e. The molecule has 1 N–H and O–H groups in total. The summed E-state index contributed by atoms with van der Waals surface area (Å²) >= 11 is 0. The van der Waals surface area contributed by atoms with Gasteiger partial charge in [0.05, 0.1) is 11.7 Å². The van der Waals surface area contributed by atoms with Crippen LogP contribution in [0, 0.1) is 0 Å². The quantitative estimate of drug-likeness (QED) is 0.812. The Bertz CT molecular complexity index is 544. The Morgan fingerprint density at radius 1 is 1.39 bits per heavy atom. The molecule has 0 spiro atoms. The first-order valence-electron chi connectivity index (χ1n) is 5.66. The SMILES string of the molecule is O=C(c1ccc(-n2ccnc2)nc1)N1CC(O)C1. The van der Waals surface area contributed by atoms with Crippen LogP contribution in [0.4, 0.5) is 0 Å². The Labute approximate surface area is 104 Å². The second kappa shape index (κ2) is 4.23. The summed E-state index contributed by atoms with van der Waals surface area (Å²) in [5.41, 5.74) is 0.533. The molecule has 18 heavy (non-hydrogen) atoms. The number of aliphatic hydroxyl groups is 1. The lowest BCUT2D eigenvalue weighted by Crippen LogP contribution is -2.53. The highest BCUT2D eigenvalue weighted by Gasteiger charge is 2.29. The maximum atomic E-state index is 11.9. The number of carbonyl (C=O) groups is 1. The molecule has 0 aliphatic carbocycles. The first-order valence-corrected chi connectivity index (χ1v) is 5.66. The fourth-order valence-electron chi connectivity index (χ4n) is 1.86. The van der Waals surface area contributed by atoms with Gasteiger partial charge in [-0.3, -0.25) is 9.36 Å². The van der Waals surface area contributed by atoms with Crippen LogP contribution in [0.25, 0.3) is 5.82 Å². The number of amides is 1. The number of pyridine rings is 1. The number of carbonyl (C=O) groups excluding carboxylic acids is 1. The van der Waals surface area contributed by atoms with Gasteiger partial charge >= 0.3 is 0 Å². The molecule has 92 valence electrons. The topological polar surface area (TPSA) is 71.2 Å². The zero-order chi connectivity index (χ0) is 12.5. The van der Waals surface area contributed by atoms with Crippen LogP contribution in [0.2, 0.25) is 0 Å². The van der Waals surface area contributed by atoms with Crippen molar-refractivity contribution in [2.45, 2.75) is 6.10 Å². The zero-order valence-corrected chi connectivity index (χ0v) is 9.60. The fraction of sp³-hybridized carbons (Fsp3) is 0.250. The summed E-state index contributed by atoms with van der Waals surface area (Å²) in [6.07, 6.45) is 6.27. The monoisotopic (exact) mass is 244 g/mol. The summed E-state index contributed by atoms with van der Waals surface area (Å²) in [5, 5.41) is 9.16. The van der Waals surface area contributed by atoms with Crippen LogP contribution in [0.1, 0.15) is 10.4 Å². The highest BCUT2D eigenvalue weighted by molar-refractivity contribution is 5.94. The van der Waals surface area contributed by atoms with Gasteiger partial charge < -0.3 is 10.0 Å². The van der Waals surface area contributed by atoms with Gasteiger partial charge in [-0.05, 0) is 12.1 Å². The summed E-state index contributed by atoms with van der Waals surface area (Å²) in [6, 6.07) is 3.50. The minimum atomic E-state index is -0.382. The number of nitrogens with zero attached hydrogens (tertiary/aromatic N) is 4. The second-order valence-corrected chi connectivity index (χ2v) is 4.24. The largest absolute Gasteiger partial charge is 0.389 e. The summed E-state index contributed by atoms with van der Waals surface area (Å²) < 4.78 is 1.77. The van der Waals surface area contributed by atoms with Crippen molar-refractivity contribution in [1.82, 2.24) is 19.4 Å². The first kappa shape index (κ1) is 10.9. The predicted octanol–water partition coefficient (Wildman–Crippen LogP) is 0.0840. The molecular formula is C12H12N4O2. The number of aliphatic hydroxyl groups excluding tert-OH is 1. The molecule has 2 aromatic heterocycles. The third kappa shape index (κ3) is 1.86. The Kier molecular flexibility index (Phi) is 2.56. The lowest BCUT2D eigenvalue weighted by Gasteiger charge is -2.35. The van der Waals surface area contributed by atoms with Crippen LogP contribution >= 0.6 is 0 Å². The molecule has 3 rings (SSSR count). The number of imidazole rings is 1. The van der Waals surface area contributed by atoms with E-state index in [1.165, 1.54) is 0 Å². The Balaban J connectivity index is 1.77. The van der Waals surface area contributed by atoms with Gasteiger partial charge in [0.1, 0.15) is 12.1 Å². The molecule has 0 radical (unpaired) electrons. The maximum Gasteiger partial charge on any atom is 0.255 e. The number of aromatic nitrogens is 3. The molecule has 6 heteroatoms. The van der Waals surface area contributed by atoms with Crippen LogP contribution in [-0.2, 0) is 0 Å². The molecule has 0 bridgehead atoms. The normalized spacial score (nSPS) is 15.5. The van der Waals surface area contributed by atoms with Gasteiger partial charge in [0, 0.05) is 31.7 Å². The maximum absolute atomic E-state index is 11.9. The third-order valence-corrected chi connectivity index (χ3v) is 2.91. The molecule has 0 atom stereocenters. The van der Waals surface area contributed by atoms with Gasteiger partial charge in [-0.2, -0.15) is 0 Å². The highest BCUT2D eigenvalue weighted by Crippen LogP contribution is 2.13. The van der Waals surface area contributed by atoms with Crippen LogP contribution < -0.4 is 0 Å². The molecule has 1 aliphatic heterocycles. The smallest absolute Gasteiger partial charge is 0.255 e. The van der Waals surface area contributed by atoms with E-state index in [0.717, 1.165) is 0 Å². The molecule has 3 heterocycles. The molecule has 1 saturated heterocycles. The zero-order valence-electron chi connectivity index (χ0n) is 9.60. The fourth-order valence-corrected chi connectivity index (χ4v) is 1.86. The molecule has 0 unspecified atom stereocenters. The van der Waals surface area contributed by atoms with E-state index in [1.54, 1.807) is 46.5 Å². The lowest BCUT2D eigenvalue weighted by molar-refractivity contribution is 0.00587. The van der Waals surface area contributed by atoms with Crippen molar-refractivity contribution in [2.75, 3.05) is 13.1 Å². The van der Waals surface area contributed by atoms with E-state index in [2.05, 4.69) is 9.97 Å². The van der Waals surface area contributed by atoms with Crippen molar-refractivity contribution in [3.05, 3.63) is 42.6 Å². The molecule has 0 saturated carbocycles. The van der Waals surface area contributed by atoms with Crippen LogP contribution in [0.15, 0.2) is 37.1 Å². The standard InChI is InChI=1S/C12H12N4O2/c17-10-6-16(7-10)12(18)9-1-2-11(14-5-9)15-4-3-13-8-15/h1-5,8,10,17H,6-7H2. The summed E-state index contributed by atoms with van der Waals surface area (Å²) in [4.78, 5) is 21.7. The van der Waals surface area contributed by atoms with Gasteiger partial charge in [-0.15, -0.1) is 0 Å². The summed E-state index contributed by atoms with van der Waals surface area (Å²) in [7, 11) is 0. The van der Waals surface area contributed by atoms with Gasteiger partial charge in [-0.25, -0.2) is 9.97 Å². The van der Waals surface area contributed by atoms with Gasteiger partial charge in [0.15, 0.2) is 0 Å². The number of rotatable bonds is 2. The van der Waals surface area contributed by atoms with Crippen LogP contribution in [-0.4, -0.2) is 49.6 Å². The second-order valence-electron chi connectivity index (χ2n) is 4.24. The Morgan fingerprint density at radius 3 is 2.78 bits per heavy atom. The summed E-state index contributed by atoms with van der Waals surface area (Å²) in [6.45, 7) is 0.810. The van der Waals surface area contributed by atoms with Crippen molar-refractivity contribution in [3.63, 3.8) is 0 Å². The number of hydrogen-bond donors (Lipinski definition) is 1. The van der Waals surface area contributed by atoms with E-state index >= 15 is 0 Å². The lowest BCUT2D eigenvalue weighted by atomic mass is 10.1. The van der Waals surface area contributed by atoms with E-state index in [9.17, 15) is 4.79 Å². The first-order chi connectivity index (χ1) is 8.74. The van der Waals surface area contributed by atoms with E-state index in [-0.39, 0.29) is 12.0 Å². The molecule has 6 nitrogen and oxygen atoms in total. The van der Waals surface area contributed by atoms with E-state index in [0.29, 0.717) is 24.5 Å². The number of hydrogen-bond acceptors (Lipinski definition) is 4. The molecular weight excluding hydrogens is 232 g/mol. The molecule has 0 aromatic carbocycles. The van der Waals surface area contributed by atoms with Crippen molar-refractivity contribution in [2.24, 2.45) is 0 Å². The molecule has 1 amide bonds. The van der Waals surface area contributed by atoms with Crippen LogP contribution in [0.5, 0.6) is 0 Å². The van der Waals surface area contributed by atoms with Gasteiger partial charge in [0.2, 0.25) is 0 Å². The van der Waals surface area contributed by atoms with Crippen molar-refractivity contribution < 1.29 is 9.90 Å².